The first kappa shape index (κ1) is 36.5. The lowest BCUT2D eigenvalue weighted by Gasteiger charge is -2.36. The number of aromatic nitrogens is 3. The van der Waals surface area contributed by atoms with Crippen LogP contribution in [0, 0.1) is 6.92 Å². The highest BCUT2D eigenvalue weighted by Gasteiger charge is 2.23. The Bertz CT molecular complexity index is 1820. The van der Waals surface area contributed by atoms with Crippen LogP contribution in [0.15, 0.2) is 48.7 Å². The van der Waals surface area contributed by atoms with Crippen LogP contribution in [-0.4, -0.2) is 75.9 Å². The molecule has 4 heterocycles. The molecule has 2 aromatic carbocycles. The number of aryl methyl sites for hydroxylation is 3. The Hall–Kier alpha value is -4.32. The van der Waals surface area contributed by atoms with Crippen LogP contribution in [0.4, 0.5) is 5.69 Å². The number of carbonyl (C=O) groups is 2. The fourth-order valence-corrected chi connectivity index (χ4v) is 7.51. The van der Waals surface area contributed by atoms with Crippen molar-refractivity contribution in [3.8, 4) is 11.1 Å². The van der Waals surface area contributed by atoms with E-state index in [2.05, 4.69) is 102 Å². The molecule has 51 heavy (non-hydrogen) atoms. The fraction of sp³-hybridized carbons (Fsp3) is 0.500. The summed E-state index contributed by atoms with van der Waals surface area (Å²) in [5, 5.41) is 18.8. The Labute approximate surface area is 301 Å². The summed E-state index contributed by atoms with van der Waals surface area (Å²) in [6, 6.07) is 16.3. The molecule has 2 atom stereocenters. The van der Waals surface area contributed by atoms with Crippen LogP contribution in [0.1, 0.15) is 74.9 Å². The van der Waals surface area contributed by atoms with Crippen LogP contribution in [0.3, 0.4) is 0 Å². The summed E-state index contributed by atoms with van der Waals surface area (Å²) in [4.78, 5) is 33.5. The van der Waals surface area contributed by atoms with E-state index in [1.54, 1.807) is 0 Å². The molecule has 6 rings (SSSR count). The third-order valence-corrected chi connectivity index (χ3v) is 10.0. The highest BCUT2D eigenvalue weighted by atomic mass is 16.5. The molecular formula is C40H54N8O3. The van der Waals surface area contributed by atoms with Crippen molar-refractivity contribution in [3.05, 3.63) is 76.6 Å². The number of rotatable bonds is 13. The lowest BCUT2D eigenvalue weighted by Crippen LogP contribution is -2.53. The highest BCUT2D eigenvalue weighted by Crippen LogP contribution is 2.31. The number of anilines is 1. The standard InChI is InChI=1S/C40H54N8O3/c1-6-36-34(39(45-32-13-15-51-16-14-32)35-22-43-48(7-2)40(35)46-36)21-42-38(50)19-37(49)41-20-29-12-11-26(3)33(18-29)31-10-8-9-30(17-31)25-47-23-27(4)44-28(5)24-47/h8-12,17-18,22,27-28,32,44H,6-7,13-16,19-21,23-25H2,1-5H3,(H,41,49)(H,42,50)(H,45,46)/t27-,28+. The van der Waals surface area contributed by atoms with Crippen molar-refractivity contribution in [2.45, 2.75) is 105 Å². The van der Waals surface area contributed by atoms with Gasteiger partial charge in [-0.3, -0.25) is 14.5 Å². The zero-order chi connectivity index (χ0) is 35.9. The zero-order valence-corrected chi connectivity index (χ0v) is 30.8. The van der Waals surface area contributed by atoms with Crippen molar-refractivity contribution in [3.63, 3.8) is 0 Å². The first-order valence-electron chi connectivity index (χ1n) is 18.6. The maximum absolute atomic E-state index is 13.1. The van der Waals surface area contributed by atoms with Crippen LogP contribution >= 0.6 is 0 Å². The Balaban J connectivity index is 1.07. The number of nitrogens with zero attached hydrogens (tertiary/aromatic N) is 4. The second-order valence-electron chi connectivity index (χ2n) is 14.2. The second-order valence-corrected chi connectivity index (χ2v) is 14.2. The first-order chi connectivity index (χ1) is 24.7. The van der Waals surface area contributed by atoms with Gasteiger partial charge in [0.2, 0.25) is 11.8 Å². The molecule has 2 amide bonds. The summed E-state index contributed by atoms with van der Waals surface area (Å²) in [5.41, 5.74) is 9.42. The summed E-state index contributed by atoms with van der Waals surface area (Å²) in [7, 11) is 0. The molecule has 11 heteroatoms. The van der Waals surface area contributed by atoms with Crippen LogP contribution in [0.25, 0.3) is 22.2 Å². The van der Waals surface area contributed by atoms with Gasteiger partial charge in [-0.05, 0) is 86.9 Å². The van der Waals surface area contributed by atoms with E-state index >= 15 is 0 Å². The van der Waals surface area contributed by atoms with Crippen molar-refractivity contribution < 1.29 is 14.3 Å². The van der Waals surface area contributed by atoms with Gasteiger partial charge < -0.3 is 26.0 Å². The number of benzene rings is 2. The number of hydrogen-bond donors (Lipinski definition) is 4. The van der Waals surface area contributed by atoms with Crippen molar-refractivity contribution in [1.82, 2.24) is 35.6 Å². The molecule has 0 radical (unpaired) electrons. The van der Waals surface area contributed by atoms with E-state index in [-0.39, 0.29) is 30.8 Å². The number of pyridine rings is 1. The SMILES string of the molecule is CCc1nc2c(cnn2CC)c(NC2CCOCC2)c1CNC(=O)CC(=O)NCc1ccc(C)c(-c2cccc(CN3C[C@@H](C)N[C@@H](C)C3)c2)c1. The second kappa shape index (κ2) is 16.8. The van der Waals surface area contributed by atoms with Gasteiger partial charge >= 0.3 is 0 Å². The van der Waals surface area contributed by atoms with Crippen LogP contribution < -0.4 is 21.3 Å². The number of nitrogens with one attached hydrogen (secondary N) is 4. The molecule has 0 spiro atoms. The van der Waals surface area contributed by atoms with Crippen molar-refractivity contribution in [2.24, 2.45) is 0 Å². The summed E-state index contributed by atoms with van der Waals surface area (Å²) in [6.45, 7) is 16.5. The Morgan fingerprint density at radius 2 is 1.71 bits per heavy atom. The molecule has 0 saturated carbocycles. The molecule has 272 valence electrons. The van der Waals surface area contributed by atoms with Gasteiger partial charge in [-0.2, -0.15) is 5.10 Å². The van der Waals surface area contributed by atoms with E-state index in [4.69, 9.17) is 9.72 Å². The number of ether oxygens (including phenoxy) is 1. The first-order valence-corrected chi connectivity index (χ1v) is 18.6. The number of piperazine rings is 1. The lowest BCUT2D eigenvalue weighted by molar-refractivity contribution is -0.129. The summed E-state index contributed by atoms with van der Waals surface area (Å²) in [5.74, 6) is -0.643. The van der Waals surface area contributed by atoms with Gasteiger partial charge in [0.05, 0.1) is 17.3 Å². The smallest absolute Gasteiger partial charge is 0.229 e. The van der Waals surface area contributed by atoms with E-state index in [1.807, 2.05) is 16.9 Å². The van der Waals surface area contributed by atoms with E-state index in [9.17, 15) is 9.59 Å². The maximum Gasteiger partial charge on any atom is 0.229 e. The Kier molecular flexibility index (Phi) is 12.0. The molecule has 0 aliphatic carbocycles. The number of amides is 2. The summed E-state index contributed by atoms with van der Waals surface area (Å²) in [6.07, 6.45) is 4.12. The molecule has 2 aliphatic heterocycles. The van der Waals surface area contributed by atoms with Gasteiger partial charge in [-0.15, -0.1) is 0 Å². The average Bonchev–Trinajstić information content (AvgIpc) is 3.53. The van der Waals surface area contributed by atoms with Gasteiger partial charge in [-0.25, -0.2) is 9.67 Å². The van der Waals surface area contributed by atoms with Crippen LogP contribution in [0.2, 0.25) is 0 Å². The predicted molar refractivity (Wildman–Crippen MR) is 202 cm³/mol. The van der Waals surface area contributed by atoms with Crippen LogP contribution in [0.5, 0.6) is 0 Å². The molecule has 2 aromatic heterocycles. The topological polar surface area (TPSA) is 125 Å². The maximum atomic E-state index is 13.1. The van der Waals surface area contributed by atoms with Gasteiger partial charge in [0.15, 0.2) is 5.65 Å². The summed E-state index contributed by atoms with van der Waals surface area (Å²) >= 11 is 0. The normalized spacial score (nSPS) is 18.5. The Morgan fingerprint density at radius 3 is 2.43 bits per heavy atom. The van der Waals surface area contributed by atoms with Gasteiger partial charge in [0.1, 0.15) is 6.42 Å². The van der Waals surface area contributed by atoms with E-state index in [1.165, 1.54) is 16.7 Å². The van der Waals surface area contributed by atoms with Crippen LogP contribution in [-0.2, 0) is 46.9 Å². The molecule has 2 saturated heterocycles. The minimum absolute atomic E-state index is 0.252. The molecule has 0 unspecified atom stereocenters. The Morgan fingerprint density at radius 1 is 0.961 bits per heavy atom. The number of hydrogen-bond acceptors (Lipinski definition) is 8. The number of carbonyl (C=O) groups excluding carboxylic acids is 2. The van der Waals surface area contributed by atoms with Crippen molar-refractivity contribution >= 4 is 28.5 Å². The van der Waals surface area contributed by atoms with E-state index in [0.29, 0.717) is 31.6 Å². The molecule has 4 aromatic rings. The van der Waals surface area contributed by atoms with E-state index < -0.39 is 0 Å². The molecule has 4 N–H and O–H groups in total. The molecular weight excluding hydrogens is 640 g/mol. The monoisotopic (exact) mass is 694 g/mol. The van der Waals surface area contributed by atoms with Gasteiger partial charge in [0.25, 0.3) is 0 Å². The third-order valence-electron chi connectivity index (χ3n) is 10.0. The largest absolute Gasteiger partial charge is 0.381 e. The molecule has 11 nitrogen and oxygen atoms in total. The molecule has 2 fully saturated rings. The quantitative estimate of drug-likeness (QED) is 0.143. The van der Waals surface area contributed by atoms with Gasteiger partial charge in [-0.1, -0.05) is 37.3 Å². The minimum Gasteiger partial charge on any atom is -0.381 e. The van der Waals surface area contributed by atoms with Gasteiger partial charge in [0, 0.05) is 81.9 Å². The minimum atomic E-state index is -0.328. The van der Waals surface area contributed by atoms with Crippen molar-refractivity contribution in [2.75, 3.05) is 31.6 Å². The van der Waals surface area contributed by atoms with E-state index in [0.717, 1.165) is 84.8 Å². The highest BCUT2D eigenvalue weighted by molar-refractivity contribution is 5.97. The van der Waals surface area contributed by atoms with Crippen molar-refractivity contribution in [1.29, 1.82) is 0 Å². The lowest BCUT2D eigenvalue weighted by atomic mass is 9.96. The predicted octanol–water partition coefficient (Wildman–Crippen LogP) is 5.08. The zero-order valence-electron chi connectivity index (χ0n) is 30.8. The number of fused-ring (bicyclic) bond motifs is 1. The summed E-state index contributed by atoms with van der Waals surface area (Å²) < 4.78 is 7.49. The average molecular weight is 695 g/mol. The molecule has 2 aliphatic rings. The molecule has 0 bridgehead atoms. The fourth-order valence-electron chi connectivity index (χ4n) is 7.51. The third kappa shape index (κ3) is 9.13.